The maximum Gasteiger partial charge on any atom is 0.258 e. The Bertz CT molecular complexity index is 1080. The van der Waals surface area contributed by atoms with E-state index in [1.54, 1.807) is 0 Å². The molecule has 1 aliphatic carbocycles. The summed E-state index contributed by atoms with van der Waals surface area (Å²) < 4.78 is 0. The van der Waals surface area contributed by atoms with Gasteiger partial charge in [0.25, 0.3) is 11.8 Å². The van der Waals surface area contributed by atoms with E-state index in [1.165, 1.54) is 17.2 Å². The molecule has 0 unspecified atom stereocenters. The number of carbonyl (C=O) groups is 2. The summed E-state index contributed by atoms with van der Waals surface area (Å²) in [7, 11) is 0. The first-order valence-electron chi connectivity index (χ1n) is 7.47. The van der Waals surface area contributed by atoms with Gasteiger partial charge in [-0.3, -0.25) is 14.9 Å². The molecule has 0 saturated carbocycles. The lowest BCUT2D eigenvalue weighted by atomic mass is 9.93. The highest BCUT2D eigenvalue weighted by Crippen LogP contribution is 2.49. The van der Waals surface area contributed by atoms with Crippen molar-refractivity contribution in [1.82, 2.24) is 5.32 Å². The average molecular weight is 297 g/mol. The maximum absolute atomic E-state index is 12.1. The highest BCUT2D eigenvalue weighted by Gasteiger charge is 2.29. The van der Waals surface area contributed by atoms with Crippen molar-refractivity contribution in [3.05, 3.63) is 66.2 Å². The topological polar surface area (TPSA) is 46.2 Å². The molecule has 1 N–H and O–H groups in total. The maximum atomic E-state index is 12.1. The first-order chi connectivity index (χ1) is 11.2. The summed E-state index contributed by atoms with van der Waals surface area (Å²) >= 11 is 0. The van der Waals surface area contributed by atoms with Crippen LogP contribution in [0.1, 0.15) is 5.56 Å². The van der Waals surface area contributed by atoms with Crippen molar-refractivity contribution in [2.24, 2.45) is 0 Å². The third-order valence-corrected chi connectivity index (χ3v) is 4.58. The predicted molar refractivity (Wildman–Crippen MR) is 89.5 cm³/mol. The van der Waals surface area contributed by atoms with Crippen molar-refractivity contribution >= 4 is 28.2 Å². The minimum absolute atomic E-state index is 0.326. The van der Waals surface area contributed by atoms with Crippen LogP contribution in [-0.2, 0) is 9.59 Å². The van der Waals surface area contributed by atoms with Crippen LogP contribution in [0.5, 0.6) is 0 Å². The van der Waals surface area contributed by atoms with Gasteiger partial charge in [-0.2, -0.15) is 0 Å². The second-order valence-electron chi connectivity index (χ2n) is 5.81. The van der Waals surface area contributed by atoms with Crippen molar-refractivity contribution in [2.45, 2.75) is 0 Å². The second-order valence-corrected chi connectivity index (χ2v) is 5.81. The number of nitrogens with one attached hydrogen (secondary N) is 1. The van der Waals surface area contributed by atoms with Gasteiger partial charge in [-0.15, -0.1) is 0 Å². The summed E-state index contributed by atoms with van der Waals surface area (Å²) in [5.74, 6) is -0.677. The molecule has 3 heteroatoms. The van der Waals surface area contributed by atoms with Gasteiger partial charge >= 0.3 is 0 Å². The van der Waals surface area contributed by atoms with Crippen LogP contribution in [0.15, 0.2) is 60.7 Å². The molecule has 3 aromatic carbocycles. The lowest BCUT2D eigenvalue weighted by molar-refractivity contribution is -0.123. The van der Waals surface area contributed by atoms with Gasteiger partial charge < -0.3 is 0 Å². The van der Waals surface area contributed by atoms with E-state index in [-0.39, 0.29) is 11.8 Å². The average Bonchev–Trinajstić information content (AvgIpc) is 3.08. The molecular formula is C20H11NO2. The molecule has 108 valence electrons. The zero-order valence-electron chi connectivity index (χ0n) is 12.1. The summed E-state index contributed by atoms with van der Waals surface area (Å²) in [6, 6.07) is 18.4. The Kier molecular flexibility index (Phi) is 2.24. The van der Waals surface area contributed by atoms with Crippen LogP contribution in [0.25, 0.3) is 38.6 Å². The fourth-order valence-electron chi connectivity index (χ4n) is 3.66. The van der Waals surface area contributed by atoms with Crippen LogP contribution in [0.3, 0.4) is 0 Å². The number of carbonyl (C=O) groups excluding carboxylic acids is 2. The van der Waals surface area contributed by atoms with E-state index < -0.39 is 0 Å². The van der Waals surface area contributed by atoms with Gasteiger partial charge in [-0.05, 0) is 38.6 Å². The molecule has 0 spiro atoms. The molecule has 3 nitrogen and oxygen atoms in total. The Morgan fingerprint density at radius 2 is 1.48 bits per heavy atom. The predicted octanol–water partition coefficient (Wildman–Crippen LogP) is 3.53. The molecular weight excluding hydrogens is 286 g/mol. The van der Waals surface area contributed by atoms with Crippen molar-refractivity contribution in [1.29, 1.82) is 0 Å². The summed E-state index contributed by atoms with van der Waals surface area (Å²) in [6.45, 7) is 0. The Hall–Kier alpha value is -3.20. The van der Waals surface area contributed by atoms with Crippen molar-refractivity contribution < 1.29 is 9.59 Å². The van der Waals surface area contributed by atoms with Crippen molar-refractivity contribution in [2.75, 3.05) is 0 Å². The zero-order chi connectivity index (χ0) is 15.6. The second kappa shape index (κ2) is 4.17. The normalized spacial score (nSPS) is 14.9. The van der Waals surface area contributed by atoms with Crippen molar-refractivity contribution in [3.63, 3.8) is 0 Å². The van der Waals surface area contributed by atoms with Gasteiger partial charge in [0.05, 0.1) is 5.57 Å². The summed E-state index contributed by atoms with van der Waals surface area (Å²) in [5, 5.41) is 4.63. The standard InChI is InChI=1S/C20H11NO2/c22-17-10-16(20(23)21-17)15-9-8-11-4-3-7-13-12-5-1-2-6-14(12)19(15)18(11)13/h1-10H,(H,21,22,23). The first kappa shape index (κ1) is 12.4. The monoisotopic (exact) mass is 297 g/mol. The number of amides is 2. The number of fused-ring (bicyclic) bond motifs is 3. The van der Waals surface area contributed by atoms with E-state index in [0.717, 1.165) is 27.5 Å². The highest BCUT2D eigenvalue weighted by molar-refractivity contribution is 6.35. The molecule has 5 rings (SSSR count). The molecule has 2 amide bonds. The number of imide groups is 1. The molecule has 0 saturated heterocycles. The van der Waals surface area contributed by atoms with E-state index in [1.807, 2.05) is 30.3 Å². The lowest BCUT2D eigenvalue weighted by Gasteiger charge is -2.10. The minimum Gasteiger partial charge on any atom is -0.289 e. The number of rotatable bonds is 1. The largest absolute Gasteiger partial charge is 0.289 e. The molecule has 1 aliphatic heterocycles. The van der Waals surface area contributed by atoms with Gasteiger partial charge in [0.2, 0.25) is 0 Å². The fraction of sp³-hybridized carbons (Fsp3) is 0. The number of hydrogen-bond acceptors (Lipinski definition) is 2. The molecule has 0 atom stereocenters. The highest BCUT2D eigenvalue weighted by atomic mass is 16.2. The van der Waals surface area contributed by atoms with Gasteiger partial charge in [-0.1, -0.05) is 54.6 Å². The molecule has 23 heavy (non-hydrogen) atoms. The summed E-state index contributed by atoms with van der Waals surface area (Å²) in [6.07, 6.45) is 1.39. The van der Waals surface area contributed by atoms with Crippen molar-refractivity contribution in [3.8, 4) is 22.3 Å². The van der Waals surface area contributed by atoms with Crippen LogP contribution in [0.4, 0.5) is 0 Å². The smallest absolute Gasteiger partial charge is 0.258 e. The molecule has 0 aromatic heterocycles. The first-order valence-corrected chi connectivity index (χ1v) is 7.47. The zero-order valence-corrected chi connectivity index (χ0v) is 12.1. The SMILES string of the molecule is O=C1C=C(c2ccc3cccc4c3c2-c2ccccc2-4)C(=O)N1. The molecule has 3 aromatic rings. The summed E-state index contributed by atoms with van der Waals surface area (Å²) in [5.41, 5.74) is 5.77. The van der Waals surface area contributed by atoms with E-state index >= 15 is 0 Å². The third kappa shape index (κ3) is 1.53. The van der Waals surface area contributed by atoms with Crippen LogP contribution in [0.2, 0.25) is 0 Å². The molecule has 0 fully saturated rings. The third-order valence-electron chi connectivity index (χ3n) is 4.58. The number of hydrogen-bond donors (Lipinski definition) is 1. The van der Waals surface area contributed by atoms with E-state index in [4.69, 9.17) is 0 Å². The fourth-order valence-corrected chi connectivity index (χ4v) is 3.66. The van der Waals surface area contributed by atoms with Gasteiger partial charge in [0, 0.05) is 6.08 Å². The van der Waals surface area contributed by atoms with Crippen LogP contribution in [-0.4, -0.2) is 11.8 Å². The van der Waals surface area contributed by atoms with Crippen LogP contribution < -0.4 is 5.32 Å². The van der Waals surface area contributed by atoms with E-state index in [2.05, 4.69) is 29.6 Å². The van der Waals surface area contributed by atoms with Crippen LogP contribution >= 0.6 is 0 Å². The Labute approximate surface area is 132 Å². The van der Waals surface area contributed by atoms with E-state index in [9.17, 15) is 9.59 Å². The minimum atomic E-state index is -0.350. The number of benzene rings is 3. The molecule has 0 bridgehead atoms. The van der Waals surface area contributed by atoms with Crippen LogP contribution in [0, 0.1) is 0 Å². The molecule has 0 radical (unpaired) electrons. The summed E-state index contributed by atoms with van der Waals surface area (Å²) in [4.78, 5) is 23.7. The lowest BCUT2D eigenvalue weighted by Crippen LogP contribution is -2.21. The Balaban J connectivity index is 1.94. The molecule has 1 heterocycles. The quantitative estimate of drug-likeness (QED) is 0.546. The van der Waals surface area contributed by atoms with Gasteiger partial charge in [-0.25, -0.2) is 0 Å². The van der Waals surface area contributed by atoms with Gasteiger partial charge in [0.1, 0.15) is 0 Å². The molecule has 2 aliphatic rings. The van der Waals surface area contributed by atoms with E-state index in [0.29, 0.717) is 5.57 Å². The Morgan fingerprint density at radius 1 is 0.696 bits per heavy atom. The Morgan fingerprint density at radius 3 is 2.26 bits per heavy atom. The van der Waals surface area contributed by atoms with Gasteiger partial charge in [0.15, 0.2) is 0 Å².